The molecule has 3 nitrogen and oxygen atoms in total. The summed E-state index contributed by atoms with van der Waals surface area (Å²) in [5.41, 5.74) is 2.83. The Labute approximate surface area is 151 Å². The summed E-state index contributed by atoms with van der Waals surface area (Å²) in [6.07, 6.45) is 10.6. The third-order valence-corrected chi connectivity index (χ3v) is 8.01. The van der Waals surface area contributed by atoms with Crippen molar-refractivity contribution in [2.75, 3.05) is 13.1 Å². The maximum atomic E-state index is 12.1. The maximum Gasteiger partial charge on any atom is 0.164 e. The summed E-state index contributed by atoms with van der Waals surface area (Å²) in [7, 11) is 0. The minimum atomic E-state index is 0.358. The van der Waals surface area contributed by atoms with Gasteiger partial charge in [0, 0.05) is 36.5 Å². The molecule has 2 saturated carbocycles. The van der Waals surface area contributed by atoms with E-state index in [4.69, 9.17) is 0 Å². The van der Waals surface area contributed by atoms with Crippen LogP contribution in [0.2, 0.25) is 0 Å². The van der Waals surface area contributed by atoms with Gasteiger partial charge >= 0.3 is 0 Å². The van der Waals surface area contributed by atoms with Gasteiger partial charge in [0.2, 0.25) is 0 Å². The summed E-state index contributed by atoms with van der Waals surface area (Å²) in [5, 5.41) is 0. The zero-order valence-electron chi connectivity index (χ0n) is 15.8. The molecule has 0 bridgehead atoms. The van der Waals surface area contributed by atoms with Crippen LogP contribution in [0, 0.1) is 23.2 Å². The topological polar surface area (TPSA) is 25.2 Å². The van der Waals surface area contributed by atoms with E-state index in [0.29, 0.717) is 11.2 Å². The molecule has 136 valence electrons. The number of aromatic nitrogens is 1. The van der Waals surface area contributed by atoms with Crippen LogP contribution >= 0.6 is 0 Å². The molecule has 2 unspecified atom stereocenters. The van der Waals surface area contributed by atoms with Crippen molar-refractivity contribution in [1.29, 1.82) is 0 Å². The monoisotopic (exact) mass is 340 g/mol. The van der Waals surface area contributed by atoms with Crippen LogP contribution < -0.4 is 0 Å². The Bertz CT molecular complexity index is 682. The van der Waals surface area contributed by atoms with Crippen LogP contribution in [0.3, 0.4) is 0 Å². The Balaban J connectivity index is 1.26. The number of carbonyl (C=O) groups is 1. The van der Waals surface area contributed by atoms with Gasteiger partial charge in [-0.2, -0.15) is 0 Å². The summed E-state index contributed by atoms with van der Waals surface area (Å²) in [5.74, 6) is 3.13. The second-order valence-corrected chi connectivity index (χ2v) is 9.55. The Morgan fingerprint density at radius 2 is 1.92 bits per heavy atom. The highest BCUT2D eigenvalue weighted by Crippen LogP contribution is 2.73. The number of rotatable bonds is 4. The third kappa shape index (κ3) is 2.38. The molecule has 1 aromatic rings. The van der Waals surface area contributed by atoms with E-state index < -0.39 is 0 Å². The molecule has 0 aromatic carbocycles. The molecular weight excluding hydrogens is 308 g/mol. The van der Waals surface area contributed by atoms with Crippen LogP contribution in [0.25, 0.3) is 0 Å². The molecule has 3 heteroatoms. The van der Waals surface area contributed by atoms with Crippen LogP contribution in [-0.4, -0.2) is 34.4 Å². The highest BCUT2D eigenvalue weighted by molar-refractivity contribution is 5.98. The third-order valence-electron chi connectivity index (χ3n) is 8.01. The zero-order chi connectivity index (χ0) is 17.2. The molecule has 4 atom stereocenters. The number of nitrogens with zero attached hydrogens (tertiary/aromatic N) is 2. The summed E-state index contributed by atoms with van der Waals surface area (Å²) in [6, 6.07) is 2.96. The van der Waals surface area contributed by atoms with Crippen LogP contribution in [0.4, 0.5) is 0 Å². The number of likely N-dealkylation sites (tertiary alicyclic amines) is 1. The molecule has 3 aliphatic carbocycles. The fourth-order valence-electron chi connectivity index (χ4n) is 6.69. The number of Topliss-reactive ketones (excluding diaryl/α,β-unsaturated/α-hetero) is 1. The van der Waals surface area contributed by atoms with E-state index in [9.17, 15) is 4.79 Å². The quantitative estimate of drug-likeness (QED) is 0.822. The molecular formula is C22H32N2O. The second kappa shape index (κ2) is 5.70. The predicted molar refractivity (Wildman–Crippen MR) is 99.8 cm³/mol. The predicted octanol–water partition coefficient (Wildman–Crippen LogP) is 4.15. The van der Waals surface area contributed by atoms with Crippen LogP contribution in [0.15, 0.2) is 12.3 Å². The smallest absolute Gasteiger partial charge is 0.164 e. The highest BCUT2D eigenvalue weighted by Gasteiger charge is 2.73. The van der Waals surface area contributed by atoms with Crippen molar-refractivity contribution < 1.29 is 4.79 Å². The van der Waals surface area contributed by atoms with E-state index in [0.717, 1.165) is 55.2 Å². The van der Waals surface area contributed by atoms with Crippen molar-refractivity contribution in [3.63, 3.8) is 0 Å². The first-order valence-electron chi connectivity index (χ1n) is 10.5. The lowest BCUT2D eigenvalue weighted by Gasteiger charge is -2.43. The van der Waals surface area contributed by atoms with Crippen LogP contribution in [0.1, 0.15) is 68.4 Å². The zero-order valence-corrected chi connectivity index (χ0v) is 15.8. The number of fused-ring (bicyclic) bond motifs is 2. The van der Waals surface area contributed by atoms with Crippen molar-refractivity contribution in [2.24, 2.45) is 23.2 Å². The Morgan fingerprint density at radius 1 is 1.12 bits per heavy atom. The highest BCUT2D eigenvalue weighted by atomic mass is 16.1. The Hall–Kier alpha value is -1.09. The van der Waals surface area contributed by atoms with E-state index in [1.54, 1.807) is 0 Å². The molecule has 0 radical (unpaired) electrons. The lowest BCUT2D eigenvalue weighted by Crippen LogP contribution is -2.39. The number of carbonyl (C=O) groups excluding carboxylic acids is 1. The molecule has 1 aromatic heterocycles. The van der Waals surface area contributed by atoms with E-state index >= 15 is 0 Å². The van der Waals surface area contributed by atoms with Gasteiger partial charge in [-0.05, 0) is 74.4 Å². The van der Waals surface area contributed by atoms with E-state index in [1.807, 2.05) is 0 Å². The van der Waals surface area contributed by atoms with Crippen molar-refractivity contribution in [2.45, 2.75) is 71.4 Å². The number of hydrogen-bond donors (Lipinski definition) is 0. The van der Waals surface area contributed by atoms with E-state index in [-0.39, 0.29) is 0 Å². The van der Waals surface area contributed by atoms with Crippen molar-refractivity contribution >= 4 is 5.78 Å². The Morgan fingerprint density at radius 3 is 2.72 bits per heavy atom. The summed E-state index contributed by atoms with van der Waals surface area (Å²) >= 11 is 0. The summed E-state index contributed by atoms with van der Waals surface area (Å²) in [4.78, 5) is 14.9. The van der Waals surface area contributed by atoms with Crippen molar-refractivity contribution in [3.05, 3.63) is 23.5 Å². The fraction of sp³-hybridized carbons (Fsp3) is 0.773. The lowest BCUT2D eigenvalue weighted by molar-refractivity contribution is 0.0414. The number of piperidine rings is 1. The summed E-state index contributed by atoms with van der Waals surface area (Å²) in [6.45, 7) is 8.81. The molecule has 2 heterocycles. The van der Waals surface area contributed by atoms with Crippen LogP contribution in [-0.2, 0) is 13.0 Å². The first-order chi connectivity index (χ1) is 12.1. The second-order valence-electron chi connectivity index (χ2n) is 9.55. The molecule has 3 fully saturated rings. The standard InChI is InChI=1S/C22H32N2O/c1-22(2)16(19-20(22)21(19)24-11-4-3-5-12-24)10-14-23-13-9-15-17(23)7-6-8-18(15)25/h9,13,16,19-21H,3-8,10-12,14H2,1-2H3/t16-,19?,20-,21?/m0/s1. The fourth-order valence-corrected chi connectivity index (χ4v) is 6.69. The molecule has 5 rings (SSSR count). The first kappa shape index (κ1) is 16.1. The molecule has 25 heavy (non-hydrogen) atoms. The molecule has 1 saturated heterocycles. The van der Waals surface area contributed by atoms with Gasteiger partial charge in [0.1, 0.15) is 0 Å². The van der Waals surface area contributed by atoms with Gasteiger partial charge in [-0.1, -0.05) is 20.3 Å². The van der Waals surface area contributed by atoms with Crippen molar-refractivity contribution in [3.8, 4) is 0 Å². The average molecular weight is 341 g/mol. The van der Waals surface area contributed by atoms with E-state index in [1.165, 1.54) is 44.5 Å². The number of hydrogen-bond acceptors (Lipinski definition) is 2. The molecule has 0 amide bonds. The van der Waals surface area contributed by atoms with Gasteiger partial charge < -0.3 is 4.57 Å². The molecule has 4 aliphatic rings. The normalized spacial score (nSPS) is 36.5. The molecule has 1 aliphatic heterocycles. The van der Waals surface area contributed by atoms with Gasteiger partial charge in [0.05, 0.1) is 0 Å². The Kier molecular flexibility index (Phi) is 3.68. The molecule has 0 N–H and O–H groups in total. The van der Waals surface area contributed by atoms with Gasteiger partial charge in [0.15, 0.2) is 5.78 Å². The lowest BCUT2D eigenvalue weighted by atomic mass is 9.61. The number of ketones is 1. The minimum Gasteiger partial charge on any atom is -0.351 e. The maximum absolute atomic E-state index is 12.1. The summed E-state index contributed by atoms with van der Waals surface area (Å²) < 4.78 is 2.40. The van der Waals surface area contributed by atoms with E-state index in [2.05, 4.69) is 35.6 Å². The largest absolute Gasteiger partial charge is 0.351 e. The average Bonchev–Trinajstić information content (AvgIpc) is 3.17. The van der Waals surface area contributed by atoms with Gasteiger partial charge in [-0.15, -0.1) is 0 Å². The minimum absolute atomic E-state index is 0.358. The first-order valence-corrected chi connectivity index (χ1v) is 10.5. The van der Waals surface area contributed by atoms with Gasteiger partial charge in [-0.3, -0.25) is 9.69 Å². The van der Waals surface area contributed by atoms with Crippen LogP contribution in [0.5, 0.6) is 0 Å². The molecule has 0 spiro atoms. The SMILES string of the molecule is CC1(C)[C@H]2C(C2N2CCCCC2)[C@@H]1CCn1ccc2c1CCCC2=O. The van der Waals surface area contributed by atoms with Gasteiger partial charge in [0.25, 0.3) is 0 Å². The van der Waals surface area contributed by atoms with Gasteiger partial charge in [-0.25, -0.2) is 0 Å². The van der Waals surface area contributed by atoms with Crippen molar-refractivity contribution in [1.82, 2.24) is 9.47 Å². The number of aryl methyl sites for hydroxylation is 1.